The number of hydrogen-bond acceptors (Lipinski definition) is 7. The van der Waals surface area contributed by atoms with Crippen molar-refractivity contribution in [1.29, 1.82) is 0 Å². The lowest BCUT2D eigenvalue weighted by molar-refractivity contribution is -0.140. The molecule has 0 aromatic rings. The van der Waals surface area contributed by atoms with Gasteiger partial charge in [-0.3, -0.25) is 24.2 Å². The van der Waals surface area contributed by atoms with Crippen molar-refractivity contribution in [2.24, 2.45) is 28.1 Å². The topological polar surface area (TPSA) is 218 Å². The number of rotatable bonds is 13. The molecule has 2 saturated heterocycles. The van der Waals surface area contributed by atoms with E-state index in [1.165, 1.54) is 19.3 Å². The van der Waals surface area contributed by atoms with Gasteiger partial charge in [-0.15, -0.1) is 0 Å². The SMILES string of the molecule is NC(N)=NCCC[C@@H]1NC(=O)[C@@H]2CCCN2C(=O)[C@H](CCCCNC(=O)[C@@H](O)[C@H](N)CC2CCCCC2)NC1=O. The number of nitrogens with one attached hydrogen (secondary N) is 3. The number of hydrogen-bond donors (Lipinski definition) is 7. The first-order valence-corrected chi connectivity index (χ1v) is 14.8. The van der Waals surface area contributed by atoms with E-state index >= 15 is 0 Å². The summed E-state index contributed by atoms with van der Waals surface area (Å²) in [5, 5.41) is 18.8. The van der Waals surface area contributed by atoms with Crippen LogP contribution in [0.1, 0.15) is 83.5 Å². The van der Waals surface area contributed by atoms with E-state index in [4.69, 9.17) is 17.2 Å². The van der Waals surface area contributed by atoms with Gasteiger partial charge in [0.25, 0.3) is 0 Å². The Hall–Kier alpha value is -2.93. The van der Waals surface area contributed by atoms with E-state index < -0.39 is 42.1 Å². The van der Waals surface area contributed by atoms with Gasteiger partial charge in [0.15, 0.2) is 5.96 Å². The first kappa shape index (κ1) is 31.6. The average molecular weight is 565 g/mol. The molecule has 0 aromatic heterocycles. The number of carbonyl (C=O) groups excluding carboxylic acids is 4. The molecule has 5 atom stereocenters. The standard InChI is InChI=1S/C27H48N8O5/c28-18(16-17-8-2-1-3-9-17)22(36)25(39)31-13-5-4-10-20-26(40)35-15-7-12-21(35)24(38)33-19(23(37)34-20)11-6-14-32-27(29)30/h17-22,36H,1-16,28H2,(H,31,39)(H,33,38)(H,34,37)(H4,29,30,32)/t18-,19+,20+,21+,22+/m1/s1. The number of aliphatic hydroxyl groups excluding tert-OH is 1. The Labute approximate surface area is 236 Å². The fourth-order valence-electron chi connectivity index (χ4n) is 5.99. The Morgan fingerprint density at radius 2 is 1.68 bits per heavy atom. The van der Waals surface area contributed by atoms with Gasteiger partial charge in [0.05, 0.1) is 0 Å². The fourth-order valence-corrected chi connectivity index (χ4v) is 5.99. The van der Waals surface area contributed by atoms with Gasteiger partial charge in [-0.05, 0) is 57.3 Å². The third-order valence-corrected chi connectivity index (χ3v) is 8.25. The maximum absolute atomic E-state index is 13.3. The lowest BCUT2D eigenvalue weighted by Crippen LogP contribution is -2.51. The van der Waals surface area contributed by atoms with E-state index in [2.05, 4.69) is 20.9 Å². The molecule has 10 N–H and O–H groups in total. The Morgan fingerprint density at radius 3 is 2.40 bits per heavy atom. The van der Waals surface area contributed by atoms with Gasteiger partial charge in [-0.1, -0.05) is 32.1 Å². The van der Waals surface area contributed by atoms with Gasteiger partial charge in [0.1, 0.15) is 24.2 Å². The third kappa shape index (κ3) is 9.33. The summed E-state index contributed by atoms with van der Waals surface area (Å²) >= 11 is 0. The normalized spacial score (nSPS) is 25.5. The molecule has 1 aliphatic carbocycles. The third-order valence-electron chi connectivity index (χ3n) is 8.25. The zero-order valence-electron chi connectivity index (χ0n) is 23.5. The summed E-state index contributed by atoms with van der Waals surface area (Å²) in [6, 6.07) is -2.75. The van der Waals surface area contributed by atoms with Gasteiger partial charge in [0.2, 0.25) is 23.6 Å². The quantitative estimate of drug-likeness (QED) is 0.0830. The Bertz CT molecular complexity index is 905. The lowest BCUT2D eigenvalue weighted by atomic mass is 9.84. The number of nitrogens with zero attached hydrogens (tertiary/aromatic N) is 2. The molecule has 0 radical (unpaired) electrons. The zero-order chi connectivity index (χ0) is 29.1. The minimum atomic E-state index is -1.25. The molecule has 3 aliphatic rings. The number of fused-ring (bicyclic) bond motifs is 1. The van der Waals surface area contributed by atoms with Crippen LogP contribution in [0.3, 0.4) is 0 Å². The summed E-state index contributed by atoms with van der Waals surface area (Å²) in [6.45, 7) is 1.11. The second-order valence-electron chi connectivity index (χ2n) is 11.4. The van der Waals surface area contributed by atoms with Crippen LogP contribution in [0.2, 0.25) is 0 Å². The second-order valence-corrected chi connectivity index (χ2v) is 11.4. The zero-order valence-corrected chi connectivity index (χ0v) is 23.5. The molecule has 226 valence electrons. The highest BCUT2D eigenvalue weighted by Gasteiger charge is 2.40. The molecule has 0 spiro atoms. The van der Waals surface area contributed by atoms with E-state index in [-0.39, 0.29) is 17.8 Å². The van der Waals surface area contributed by atoms with Gasteiger partial charge >= 0.3 is 0 Å². The number of nitrogens with two attached hydrogens (primary N) is 3. The van der Waals surface area contributed by atoms with Crippen molar-refractivity contribution in [3.63, 3.8) is 0 Å². The van der Waals surface area contributed by atoms with Crippen molar-refractivity contribution in [3.8, 4) is 0 Å². The molecule has 3 fully saturated rings. The molecule has 2 heterocycles. The molecule has 40 heavy (non-hydrogen) atoms. The Morgan fingerprint density at radius 1 is 0.975 bits per heavy atom. The van der Waals surface area contributed by atoms with E-state index in [1.807, 2.05) is 0 Å². The predicted octanol–water partition coefficient (Wildman–Crippen LogP) is -1.04. The largest absolute Gasteiger partial charge is 0.382 e. The molecule has 1 saturated carbocycles. The van der Waals surface area contributed by atoms with Gasteiger partial charge in [-0.25, -0.2) is 0 Å². The maximum Gasteiger partial charge on any atom is 0.250 e. The first-order valence-electron chi connectivity index (χ1n) is 14.8. The molecule has 4 amide bonds. The summed E-state index contributed by atoms with van der Waals surface area (Å²) in [6.07, 6.45) is 8.73. The molecule has 13 heteroatoms. The molecule has 13 nitrogen and oxygen atoms in total. The highest BCUT2D eigenvalue weighted by Crippen LogP contribution is 2.27. The van der Waals surface area contributed by atoms with Crippen molar-refractivity contribution in [3.05, 3.63) is 0 Å². The number of carbonyl (C=O) groups is 4. The minimum Gasteiger partial charge on any atom is -0.382 e. The predicted molar refractivity (Wildman–Crippen MR) is 151 cm³/mol. The monoisotopic (exact) mass is 564 g/mol. The van der Waals surface area contributed by atoms with Crippen LogP contribution in [0.15, 0.2) is 4.99 Å². The van der Waals surface area contributed by atoms with E-state index in [0.29, 0.717) is 70.5 Å². The van der Waals surface area contributed by atoms with Gasteiger partial charge < -0.3 is 43.2 Å². The van der Waals surface area contributed by atoms with E-state index in [9.17, 15) is 24.3 Å². The van der Waals surface area contributed by atoms with Crippen LogP contribution in [0.25, 0.3) is 0 Å². The van der Waals surface area contributed by atoms with Crippen LogP contribution >= 0.6 is 0 Å². The minimum absolute atomic E-state index is 0.0387. The van der Waals surface area contributed by atoms with Crippen LogP contribution in [0.5, 0.6) is 0 Å². The summed E-state index contributed by atoms with van der Waals surface area (Å²) in [5.41, 5.74) is 16.8. The first-order chi connectivity index (χ1) is 19.2. The van der Waals surface area contributed by atoms with Crippen LogP contribution < -0.4 is 33.2 Å². The van der Waals surface area contributed by atoms with Crippen LogP contribution in [0.4, 0.5) is 0 Å². The number of amides is 4. The summed E-state index contributed by atoms with van der Waals surface area (Å²) < 4.78 is 0. The van der Waals surface area contributed by atoms with Crippen molar-refractivity contribution in [2.45, 2.75) is 114 Å². The van der Waals surface area contributed by atoms with Crippen molar-refractivity contribution in [2.75, 3.05) is 19.6 Å². The average Bonchev–Trinajstić information content (AvgIpc) is 3.43. The van der Waals surface area contributed by atoms with Crippen molar-refractivity contribution in [1.82, 2.24) is 20.9 Å². The Balaban J connectivity index is 1.48. The molecular formula is C27H48N8O5. The summed E-state index contributed by atoms with van der Waals surface area (Å²) in [7, 11) is 0. The lowest BCUT2D eigenvalue weighted by Gasteiger charge is -2.27. The van der Waals surface area contributed by atoms with Crippen molar-refractivity contribution < 1.29 is 24.3 Å². The Kier molecular flexibility index (Phi) is 12.4. The van der Waals surface area contributed by atoms with Crippen molar-refractivity contribution >= 4 is 29.6 Å². The van der Waals surface area contributed by atoms with Crippen LogP contribution in [-0.2, 0) is 19.2 Å². The van der Waals surface area contributed by atoms with E-state index in [1.54, 1.807) is 4.90 Å². The number of aliphatic hydroxyl groups is 1. The smallest absolute Gasteiger partial charge is 0.250 e. The number of guanidine groups is 1. The molecule has 2 aliphatic heterocycles. The van der Waals surface area contributed by atoms with E-state index in [0.717, 1.165) is 19.3 Å². The molecule has 3 rings (SSSR count). The fraction of sp³-hybridized carbons (Fsp3) is 0.815. The maximum atomic E-state index is 13.3. The molecule has 0 unspecified atom stereocenters. The van der Waals surface area contributed by atoms with Gasteiger partial charge in [0, 0.05) is 25.7 Å². The van der Waals surface area contributed by atoms with Gasteiger partial charge in [-0.2, -0.15) is 0 Å². The van der Waals surface area contributed by atoms with Crippen LogP contribution in [-0.4, -0.2) is 89.5 Å². The highest BCUT2D eigenvalue weighted by molar-refractivity contribution is 5.97. The second kappa shape index (κ2) is 15.8. The molecule has 0 aromatic carbocycles. The summed E-state index contributed by atoms with van der Waals surface area (Å²) in [5.74, 6) is -1.06. The molecular weight excluding hydrogens is 516 g/mol. The highest BCUT2D eigenvalue weighted by atomic mass is 16.3. The number of unbranched alkanes of at least 4 members (excludes halogenated alkanes) is 1. The molecule has 0 bridgehead atoms. The van der Waals surface area contributed by atoms with Crippen LogP contribution in [0, 0.1) is 5.92 Å². The number of aliphatic imine (C=N–C) groups is 1. The summed E-state index contributed by atoms with van der Waals surface area (Å²) in [4.78, 5) is 57.2.